The van der Waals surface area contributed by atoms with E-state index in [0.29, 0.717) is 22.7 Å². The molecule has 6 nitrogen and oxygen atoms in total. The molecule has 138 valence electrons. The van der Waals surface area contributed by atoms with Crippen LogP contribution in [-0.4, -0.2) is 22.7 Å². The Hall–Kier alpha value is -2.25. The Morgan fingerprint density at radius 1 is 1.19 bits per heavy atom. The van der Waals surface area contributed by atoms with Crippen molar-refractivity contribution < 1.29 is 14.4 Å². The van der Waals surface area contributed by atoms with E-state index < -0.39 is 5.91 Å². The Morgan fingerprint density at radius 3 is 2.52 bits per heavy atom. The summed E-state index contributed by atoms with van der Waals surface area (Å²) in [7, 11) is 0. The van der Waals surface area contributed by atoms with Crippen molar-refractivity contribution in [2.75, 3.05) is 10.2 Å². The van der Waals surface area contributed by atoms with Gasteiger partial charge in [0.2, 0.25) is 11.8 Å². The van der Waals surface area contributed by atoms with Crippen molar-refractivity contribution in [3.05, 3.63) is 40.4 Å². The number of thiazole rings is 1. The third-order valence-corrected chi connectivity index (χ3v) is 7.05. The number of nitrogens with one attached hydrogen (secondary N) is 1. The first kappa shape index (κ1) is 16.9. The molecule has 2 bridgehead atoms. The first-order chi connectivity index (χ1) is 13.0. The van der Waals surface area contributed by atoms with Gasteiger partial charge in [0.05, 0.1) is 28.1 Å². The smallest absolute Gasteiger partial charge is 0.259 e. The standard InChI is InChI=1S/C19H16ClN3O3S/c20-13-4-3-11(8-12(13)16(24)22-19-21-5-6-27-19)23-17(25)14-9-1-2-10(7-9)15(14)18(23)26/h3-6,8-10,14-15H,1-2,7H2,(H,21,22,24)/t9-,10-,14-,15+/m0/s1. The topological polar surface area (TPSA) is 79.4 Å². The van der Waals surface area contributed by atoms with Crippen molar-refractivity contribution in [3.63, 3.8) is 0 Å². The highest BCUT2D eigenvalue weighted by atomic mass is 35.5. The van der Waals surface area contributed by atoms with E-state index in [4.69, 9.17) is 11.6 Å². The number of carbonyl (C=O) groups excluding carboxylic acids is 3. The molecule has 5 rings (SSSR count). The molecule has 2 saturated carbocycles. The number of carbonyl (C=O) groups is 3. The molecule has 27 heavy (non-hydrogen) atoms. The van der Waals surface area contributed by atoms with Crippen molar-refractivity contribution in [2.24, 2.45) is 23.7 Å². The lowest BCUT2D eigenvalue weighted by atomic mass is 9.81. The average Bonchev–Trinajstić information content (AvgIpc) is 3.41. The molecule has 1 aliphatic heterocycles. The second-order valence-corrected chi connectivity index (χ2v) is 8.65. The van der Waals surface area contributed by atoms with Crippen LogP contribution in [0.2, 0.25) is 5.02 Å². The van der Waals surface area contributed by atoms with Crippen LogP contribution in [0.5, 0.6) is 0 Å². The average molecular weight is 402 g/mol. The zero-order valence-corrected chi connectivity index (χ0v) is 15.8. The summed E-state index contributed by atoms with van der Waals surface area (Å²) in [4.78, 5) is 43.8. The molecule has 3 amide bonds. The van der Waals surface area contributed by atoms with Crippen molar-refractivity contribution in [2.45, 2.75) is 19.3 Å². The van der Waals surface area contributed by atoms with E-state index in [1.54, 1.807) is 23.7 Å². The number of amides is 3. The Balaban J connectivity index is 1.47. The zero-order chi connectivity index (χ0) is 18.7. The van der Waals surface area contributed by atoms with Gasteiger partial charge in [-0.25, -0.2) is 4.98 Å². The zero-order valence-electron chi connectivity index (χ0n) is 14.2. The molecule has 0 radical (unpaired) electrons. The van der Waals surface area contributed by atoms with Gasteiger partial charge in [0.1, 0.15) is 0 Å². The van der Waals surface area contributed by atoms with Crippen LogP contribution in [0.1, 0.15) is 29.6 Å². The van der Waals surface area contributed by atoms with Crippen LogP contribution in [0.4, 0.5) is 10.8 Å². The van der Waals surface area contributed by atoms with Crippen LogP contribution in [0.15, 0.2) is 29.8 Å². The molecule has 4 atom stereocenters. The first-order valence-electron chi connectivity index (χ1n) is 8.93. The number of hydrogen-bond donors (Lipinski definition) is 1. The molecule has 1 aromatic heterocycles. The Kier molecular flexibility index (Phi) is 3.84. The number of aromatic nitrogens is 1. The molecule has 1 N–H and O–H groups in total. The fourth-order valence-corrected chi connectivity index (χ4v) is 5.67. The van der Waals surface area contributed by atoms with Crippen LogP contribution in [0.3, 0.4) is 0 Å². The highest BCUT2D eigenvalue weighted by Crippen LogP contribution is 2.56. The number of fused-ring (bicyclic) bond motifs is 5. The molecule has 3 fully saturated rings. The van der Waals surface area contributed by atoms with Crippen LogP contribution in [-0.2, 0) is 9.59 Å². The van der Waals surface area contributed by atoms with Gasteiger partial charge in [-0.05, 0) is 49.3 Å². The number of rotatable bonds is 3. The second kappa shape index (κ2) is 6.14. The Morgan fingerprint density at radius 2 is 1.89 bits per heavy atom. The maximum absolute atomic E-state index is 13.0. The monoisotopic (exact) mass is 401 g/mol. The van der Waals surface area contributed by atoms with Crippen LogP contribution >= 0.6 is 22.9 Å². The molecule has 8 heteroatoms. The molecule has 3 aliphatic rings. The van der Waals surface area contributed by atoms with E-state index in [-0.39, 0.29) is 34.2 Å². The number of halogens is 1. The van der Waals surface area contributed by atoms with Crippen LogP contribution < -0.4 is 10.2 Å². The van der Waals surface area contributed by atoms with E-state index in [0.717, 1.165) is 19.3 Å². The van der Waals surface area contributed by atoms with Crippen molar-refractivity contribution >= 4 is 51.5 Å². The van der Waals surface area contributed by atoms with Gasteiger partial charge in [-0.3, -0.25) is 24.6 Å². The van der Waals surface area contributed by atoms with Gasteiger partial charge in [0, 0.05) is 11.6 Å². The number of benzene rings is 1. The minimum absolute atomic E-state index is 0.134. The Bertz CT molecular complexity index is 933. The van der Waals surface area contributed by atoms with Crippen molar-refractivity contribution in [3.8, 4) is 0 Å². The maximum atomic E-state index is 13.0. The van der Waals surface area contributed by atoms with Gasteiger partial charge in [-0.1, -0.05) is 11.6 Å². The van der Waals surface area contributed by atoms with Gasteiger partial charge >= 0.3 is 0 Å². The lowest BCUT2D eigenvalue weighted by Crippen LogP contribution is -2.33. The van der Waals surface area contributed by atoms with Gasteiger partial charge in [-0.2, -0.15) is 0 Å². The summed E-state index contributed by atoms with van der Waals surface area (Å²) in [6, 6.07) is 4.70. The molecule has 1 aromatic carbocycles. The van der Waals surface area contributed by atoms with Gasteiger partial charge < -0.3 is 0 Å². The lowest BCUT2D eigenvalue weighted by Gasteiger charge is -2.19. The van der Waals surface area contributed by atoms with Gasteiger partial charge in [0.15, 0.2) is 5.13 Å². The van der Waals surface area contributed by atoms with E-state index in [2.05, 4.69) is 10.3 Å². The normalized spacial score (nSPS) is 28.7. The second-order valence-electron chi connectivity index (χ2n) is 7.35. The summed E-state index contributed by atoms with van der Waals surface area (Å²) in [5.41, 5.74) is 0.623. The van der Waals surface area contributed by atoms with Crippen molar-refractivity contribution in [1.29, 1.82) is 0 Å². The van der Waals surface area contributed by atoms with E-state index in [1.807, 2.05) is 0 Å². The molecule has 0 unspecified atom stereocenters. The fraction of sp³-hybridized carbons (Fsp3) is 0.368. The summed E-state index contributed by atoms with van der Waals surface area (Å²) in [5, 5.41) is 5.15. The molecule has 2 aliphatic carbocycles. The molecule has 2 aromatic rings. The largest absolute Gasteiger partial charge is 0.298 e. The van der Waals surface area contributed by atoms with E-state index >= 15 is 0 Å². The lowest BCUT2D eigenvalue weighted by molar-refractivity contribution is -0.123. The third kappa shape index (κ3) is 2.52. The van der Waals surface area contributed by atoms with E-state index in [9.17, 15) is 14.4 Å². The van der Waals surface area contributed by atoms with Crippen molar-refractivity contribution in [1.82, 2.24) is 4.98 Å². The summed E-state index contributed by atoms with van der Waals surface area (Å²) >= 11 is 7.49. The summed E-state index contributed by atoms with van der Waals surface area (Å²) in [5.74, 6) is -0.436. The van der Waals surface area contributed by atoms with Crippen LogP contribution in [0.25, 0.3) is 0 Å². The summed E-state index contributed by atoms with van der Waals surface area (Å²) < 4.78 is 0. The third-order valence-electron chi connectivity index (χ3n) is 6.03. The minimum atomic E-state index is -0.420. The molecule has 0 spiro atoms. The predicted octanol–water partition coefficient (Wildman–Crippen LogP) is 3.58. The summed E-state index contributed by atoms with van der Waals surface area (Å²) in [6.07, 6.45) is 4.64. The Labute approximate surface area is 164 Å². The highest BCUT2D eigenvalue weighted by molar-refractivity contribution is 7.13. The summed E-state index contributed by atoms with van der Waals surface area (Å²) in [6.45, 7) is 0. The van der Waals surface area contributed by atoms with Crippen LogP contribution in [0, 0.1) is 23.7 Å². The number of hydrogen-bond acceptors (Lipinski definition) is 5. The predicted molar refractivity (Wildman–Crippen MR) is 102 cm³/mol. The molecular formula is C19H16ClN3O3S. The quantitative estimate of drug-likeness (QED) is 0.797. The maximum Gasteiger partial charge on any atom is 0.259 e. The highest BCUT2D eigenvalue weighted by Gasteiger charge is 2.61. The number of anilines is 2. The first-order valence-corrected chi connectivity index (χ1v) is 10.2. The molecule has 2 heterocycles. The fourth-order valence-electron chi connectivity index (χ4n) is 4.94. The molecule has 1 saturated heterocycles. The number of imide groups is 1. The number of nitrogens with zero attached hydrogens (tertiary/aromatic N) is 2. The van der Waals surface area contributed by atoms with Gasteiger partial charge in [0.25, 0.3) is 5.91 Å². The van der Waals surface area contributed by atoms with E-state index in [1.165, 1.54) is 22.3 Å². The SMILES string of the molecule is O=C(Nc1nccs1)c1cc(N2C(=O)[C@@H]3[C@H]4CC[C@@H](C4)[C@@H]3C2=O)ccc1Cl. The van der Waals surface area contributed by atoms with Gasteiger partial charge in [-0.15, -0.1) is 11.3 Å². The molecular weight excluding hydrogens is 386 g/mol. The minimum Gasteiger partial charge on any atom is -0.298 e.